The van der Waals surface area contributed by atoms with Gasteiger partial charge >= 0.3 is 5.97 Å². The van der Waals surface area contributed by atoms with E-state index in [1.54, 1.807) is 6.07 Å². The maximum absolute atomic E-state index is 14.0. The molecule has 0 aromatic heterocycles. The van der Waals surface area contributed by atoms with Gasteiger partial charge in [-0.05, 0) is 44.1 Å². The van der Waals surface area contributed by atoms with E-state index in [0.717, 1.165) is 19.3 Å². The molecule has 6 rings (SSSR count). The first kappa shape index (κ1) is 26.0. The molecule has 4 heterocycles. The molecule has 1 N–H and O–H groups in total. The maximum Gasteiger partial charge on any atom is 0.308 e. The largest absolute Gasteiger partial charge is 0.435 e. The zero-order chi connectivity index (χ0) is 26.4. The summed E-state index contributed by atoms with van der Waals surface area (Å²) in [6, 6.07) is 6.45. The van der Waals surface area contributed by atoms with Crippen molar-refractivity contribution >= 4 is 11.9 Å². The van der Waals surface area contributed by atoms with Crippen LogP contribution in [0, 0.1) is 40.8 Å². The molecule has 9 nitrogen and oxygen atoms in total. The molecule has 4 aliphatic heterocycles. The van der Waals surface area contributed by atoms with E-state index in [0.29, 0.717) is 12.3 Å². The molecule has 1 saturated carbocycles. The quantitative estimate of drug-likeness (QED) is 0.445. The number of rotatable bonds is 6. The number of hydrogen-bond acceptors (Lipinski definition) is 8. The van der Waals surface area contributed by atoms with Gasteiger partial charge in [0.25, 0.3) is 0 Å². The summed E-state index contributed by atoms with van der Waals surface area (Å²) in [7, 11) is 0. The van der Waals surface area contributed by atoms with Crippen molar-refractivity contribution in [3.63, 3.8) is 0 Å². The molecule has 5 fully saturated rings. The molecule has 1 amide bonds. The Hall–Kier alpha value is -2.58. The van der Waals surface area contributed by atoms with Gasteiger partial charge in [-0.15, -0.1) is 0 Å². The van der Waals surface area contributed by atoms with Crippen molar-refractivity contribution in [2.24, 2.45) is 23.7 Å². The average molecular weight is 517 g/mol. The van der Waals surface area contributed by atoms with Gasteiger partial charge in [0.05, 0.1) is 12.5 Å². The Morgan fingerprint density at radius 3 is 2.73 bits per heavy atom. The van der Waals surface area contributed by atoms with Crippen LogP contribution in [0.3, 0.4) is 0 Å². The van der Waals surface area contributed by atoms with Crippen molar-refractivity contribution in [2.75, 3.05) is 0 Å². The Morgan fingerprint density at radius 2 is 1.97 bits per heavy atom. The van der Waals surface area contributed by atoms with Crippen molar-refractivity contribution < 1.29 is 38.0 Å². The van der Waals surface area contributed by atoms with Crippen LogP contribution in [0.1, 0.15) is 70.9 Å². The topological polar surface area (TPSA) is 116 Å². The lowest BCUT2D eigenvalue weighted by Crippen LogP contribution is -2.70. The third-order valence-corrected chi connectivity index (χ3v) is 8.55. The summed E-state index contributed by atoms with van der Waals surface area (Å²) in [5.41, 5.74) is -0.688. The molecule has 1 aliphatic carbocycles. The van der Waals surface area contributed by atoms with E-state index < -0.39 is 47.7 Å². The lowest BCUT2D eigenvalue weighted by molar-refractivity contribution is -0.576. The zero-order valence-corrected chi connectivity index (χ0v) is 21.3. The molecule has 3 unspecified atom stereocenters. The Kier molecular flexibility index (Phi) is 7.00. The third-order valence-electron chi connectivity index (χ3n) is 8.55. The highest BCUT2D eigenvalue weighted by molar-refractivity contribution is 5.81. The van der Waals surface area contributed by atoms with Crippen LogP contribution >= 0.6 is 0 Å². The maximum atomic E-state index is 14.0. The SMILES string of the molecule is C[C@@H]1CCC2[C@@H](C)[C@H](OC(=O)CCC(=O)NC(C#N)c3ccccc3F)O[C@@H]3O[C@]4(C)CCC1[C@@]23OO4. The molecule has 1 aromatic carbocycles. The van der Waals surface area contributed by atoms with Gasteiger partial charge in [0.15, 0.2) is 11.9 Å². The van der Waals surface area contributed by atoms with Crippen LogP contribution < -0.4 is 5.32 Å². The van der Waals surface area contributed by atoms with Gasteiger partial charge in [-0.25, -0.2) is 14.2 Å². The number of amides is 1. The predicted molar refractivity (Wildman–Crippen MR) is 125 cm³/mol. The summed E-state index contributed by atoms with van der Waals surface area (Å²) >= 11 is 0. The number of benzene rings is 1. The van der Waals surface area contributed by atoms with Crippen LogP contribution in [-0.4, -0.2) is 35.8 Å². The van der Waals surface area contributed by atoms with E-state index in [-0.39, 0.29) is 36.2 Å². The van der Waals surface area contributed by atoms with Crippen LogP contribution in [0.2, 0.25) is 0 Å². The van der Waals surface area contributed by atoms with Gasteiger partial charge in [-0.3, -0.25) is 9.59 Å². The molecular formula is C27H33FN2O7. The monoisotopic (exact) mass is 516 g/mol. The molecule has 1 spiro atoms. The fourth-order valence-corrected chi connectivity index (χ4v) is 6.53. The molecule has 2 bridgehead atoms. The van der Waals surface area contributed by atoms with Crippen molar-refractivity contribution in [1.29, 1.82) is 5.26 Å². The molecule has 1 aromatic rings. The summed E-state index contributed by atoms with van der Waals surface area (Å²) < 4.78 is 32.2. The second-order valence-electron chi connectivity index (χ2n) is 10.9. The average Bonchev–Trinajstić information content (AvgIpc) is 3.10. The fraction of sp³-hybridized carbons (Fsp3) is 0.667. The number of hydrogen-bond donors (Lipinski definition) is 1. The predicted octanol–water partition coefficient (Wildman–Crippen LogP) is 4.04. The fourth-order valence-electron chi connectivity index (χ4n) is 6.53. The van der Waals surface area contributed by atoms with Gasteiger partial charge in [0.1, 0.15) is 11.9 Å². The molecule has 0 radical (unpaired) electrons. The van der Waals surface area contributed by atoms with Crippen LogP contribution in [0.15, 0.2) is 24.3 Å². The highest BCUT2D eigenvalue weighted by Gasteiger charge is 2.69. The second-order valence-corrected chi connectivity index (χ2v) is 10.9. The smallest absolute Gasteiger partial charge is 0.308 e. The number of nitriles is 1. The Bertz CT molecular complexity index is 1090. The highest BCUT2D eigenvalue weighted by Crippen LogP contribution is 2.60. The molecular weight excluding hydrogens is 483 g/mol. The van der Waals surface area contributed by atoms with Gasteiger partial charge in [-0.1, -0.05) is 32.0 Å². The van der Waals surface area contributed by atoms with Crippen LogP contribution in [0.25, 0.3) is 0 Å². The molecule has 4 saturated heterocycles. The number of fused-ring (bicyclic) bond motifs is 2. The molecule has 37 heavy (non-hydrogen) atoms. The number of carbonyl (C=O) groups excluding carboxylic acids is 2. The highest BCUT2D eigenvalue weighted by atomic mass is 19.1. The number of nitrogens with one attached hydrogen (secondary N) is 1. The summed E-state index contributed by atoms with van der Waals surface area (Å²) in [4.78, 5) is 37.0. The van der Waals surface area contributed by atoms with Crippen LogP contribution in [-0.2, 0) is 33.6 Å². The Labute approximate surface area is 215 Å². The van der Waals surface area contributed by atoms with Crippen molar-refractivity contribution in [3.05, 3.63) is 35.6 Å². The van der Waals surface area contributed by atoms with Gasteiger partial charge in [0.2, 0.25) is 18.0 Å². The first-order chi connectivity index (χ1) is 17.7. The summed E-state index contributed by atoms with van der Waals surface area (Å²) in [5.74, 6) is -2.24. The molecule has 5 aliphatic rings. The summed E-state index contributed by atoms with van der Waals surface area (Å²) in [5, 5.41) is 11.8. The number of halogens is 1. The minimum Gasteiger partial charge on any atom is -0.435 e. The van der Waals surface area contributed by atoms with E-state index in [1.165, 1.54) is 18.2 Å². The summed E-state index contributed by atoms with van der Waals surface area (Å²) in [6.07, 6.45) is 1.45. The van der Waals surface area contributed by atoms with E-state index >= 15 is 0 Å². The second kappa shape index (κ2) is 9.95. The molecule has 9 atom stereocenters. The number of ether oxygens (including phenoxy) is 3. The summed E-state index contributed by atoms with van der Waals surface area (Å²) in [6.45, 7) is 6.02. The first-order valence-corrected chi connectivity index (χ1v) is 13.0. The van der Waals surface area contributed by atoms with E-state index in [2.05, 4.69) is 12.2 Å². The number of nitrogens with zero attached hydrogens (tertiary/aromatic N) is 1. The van der Waals surface area contributed by atoms with Crippen LogP contribution in [0.4, 0.5) is 4.39 Å². The van der Waals surface area contributed by atoms with Crippen LogP contribution in [0.5, 0.6) is 0 Å². The van der Waals surface area contributed by atoms with Gasteiger partial charge in [-0.2, -0.15) is 5.26 Å². The first-order valence-electron chi connectivity index (χ1n) is 13.0. The molecule has 10 heteroatoms. The Morgan fingerprint density at radius 1 is 1.19 bits per heavy atom. The standard InChI is InChI=1S/C27H33FN2O7/c1-15-8-9-19-16(2)24(34-25-27(19)18(15)12-13-26(3,35-25)36-37-27)33-23(32)11-10-22(31)30-21(14-29)17-6-4-5-7-20(17)28/h4-7,15-16,18-19,21,24-25H,8-13H2,1-3H3,(H,30,31)/t15-,16-,18?,19?,21?,24-,25-,26+,27-/m1/s1. The minimum atomic E-state index is -1.16. The van der Waals surface area contributed by atoms with Crippen molar-refractivity contribution in [2.45, 2.75) is 89.3 Å². The van der Waals surface area contributed by atoms with Gasteiger partial charge < -0.3 is 19.5 Å². The third kappa shape index (κ3) is 4.63. The van der Waals surface area contributed by atoms with Crippen molar-refractivity contribution in [3.8, 4) is 6.07 Å². The number of esters is 1. The van der Waals surface area contributed by atoms with Crippen molar-refractivity contribution in [1.82, 2.24) is 5.32 Å². The zero-order valence-electron chi connectivity index (χ0n) is 21.3. The Balaban J connectivity index is 1.21. The lowest BCUT2D eigenvalue weighted by Gasteiger charge is -2.59. The number of carbonyl (C=O) groups is 2. The van der Waals surface area contributed by atoms with E-state index in [9.17, 15) is 19.2 Å². The van der Waals surface area contributed by atoms with Gasteiger partial charge in [0, 0.05) is 30.2 Å². The van der Waals surface area contributed by atoms with E-state index in [4.69, 9.17) is 24.0 Å². The van der Waals surface area contributed by atoms with E-state index in [1.807, 2.05) is 19.9 Å². The lowest BCUT2D eigenvalue weighted by atomic mass is 9.58. The molecule has 200 valence electrons. The normalized spacial score (nSPS) is 39.0. The minimum absolute atomic E-state index is 0.00774.